The van der Waals surface area contributed by atoms with Crippen molar-refractivity contribution in [3.8, 4) is 5.75 Å². The molecule has 0 aliphatic rings. The van der Waals surface area contributed by atoms with Crippen LogP contribution in [-0.4, -0.2) is 27.6 Å². The molecule has 0 spiro atoms. The number of methoxy groups -OCH3 is 1. The van der Waals surface area contributed by atoms with Crippen LogP contribution < -0.4 is 10.1 Å². The van der Waals surface area contributed by atoms with Crippen LogP contribution in [-0.2, 0) is 17.8 Å². The van der Waals surface area contributed by atoms with Crippen LogP contribution >= 0.6 is 11.6 Å². The highest BCUT2D eigenvalue weighted by Crippen LogP contribution is 2.27. The smallest absolute Gasteiger partial charge is 0.224 e. The Morgan fingerprint density at radius 3 is 2.75 bits per heavy atom. The molecule has 0 aliphatic heterocycles. The quantitative estimate of drug-likeness (QED) is 0.397. The minimum absolute atomic E-state index is 0.106. The molecule has 32 heavy (non-hydrogen) atoms. The third kappa shape index (κ3) is 5.06. The van der Waals surface area contributed by atoms with E-state index in [1.54, 1.807) is 43.6 Å². The topological polar surface area (TPSA) is 69.0 Å². The lowest BCUT2D eigenvalue weighted by Gasteiger charge is -2.10. The van der Waals surface area contributed by atoms with Crippen molar-refractivity contribution >= 4 is 34.4 Å². The molecule has 6 nitrogen and oxygen atoms in total. The number of anilines is 1. The zero-order valence-corrected chi connectivity index (χ0v) is 18.3. The van der Waals surface area contributed by atoms with Crippen molar-refractivity contribution in [2.24, 2.45) is 0 Å². The summed E-state index contributed by atoms with van der Waals surface area (Å²) in [5, 5.41) is 3.29. The van der Waals surface area contributed by atoms with Gasteiger partial charge in [-0.15, -0.1) is 0 Å². The summed E-state index contributed by atoms with van der Waals surface area (Å²) in [6.45, 7) is 0.527. The number of aromatic nitrogens is 3. The van der Waals surface area contributed by atoms with Gasteiger partial charge in [0.25, 0.3) is 0 Å². The molecule has 2 aromatic carbocycles. The van der Waals surface area contributed by atoms with Crippen LogP contribution in [0.3, 0.4) is 0 Å². The maximum Gasteiger partial charge on any atom is 0.224 e. The van der Waals surface area contributed by atoms with Gasteiger partial charge in [0.05, 0.1) is 18.7 Å². The molecule has 1 amide bonds. The number of amides is 1. The first-order valence-corrected chi connectivity index (χ1v) is 10.6. The second-order valence-electron chi connectivity index (χ2n) is 7.34. The van der Waals surface area contributed by atoms with Crippen molar-refractivity contribution in [2.75, 3.05) is 12.4 Å². The number of pyridine rings is 1. The third-order valence-corrected chi connectivity index (χ3v) is 5.37. The highest BCUT2D eigenvalue weighted by atomic mass is 35.5. The van der Waals surface area contributed by atoms with Gasteiger partial charge in [-0.05, 0) is 54.4 Å². The Balaban J connectivity index is 1.43. The summed E-state index contributed by atoms with van der Waals surface area (Å²) >= 11 is 6.11. The van der Waals surface area contributed by atoms with Crippen LogP contribution in [0.25, 0.3) is 11.2 Å². The van der Waals surface area contributed by atoms with Crippen molar-refractivity contribution in [1.29, 1.82) is 0 Å². The third-order valence-electron chi connectivity index (χ3n) is 5.08. The number of fused-ring (bicyclic) bond motifs is 1. The predicted molar refractivity (Wildman–Crippen MR) is 123 cm³/mol. The lowest BCUT2D eigenvalue weighted by molar-refractivity contribution is -0.116. The summed E-state index contributed by atoms with van der Waals surface area (Å²) in [5.41, 5.74) is 3.13. The number of imidazole rings is 1. The summed E-state index contributed by atoms with van der Waals surface area (Å²) in [7, 11) is 1.54. The van der Waals surface area contributed by atoms with Crippen LogP contribution in [0.4, 0.5) is 10.1 Å². The van der Waals surface area contributed by atoms with Gasteiger partial charge in [0.15, 0.2) is 5.65 Å². The molecule has 8 heteroatoms. The van der Waals surface area contributed by atoms with Gasteiger partial charge in [-0.2, -0.15) is 0 Å². The first-order chi connectivity index (χ1) is 15.5. The van der Waals surface area contributed by atoms with Crippen molar-refractivity contribution < 1.29 is 13.9 Å². The average molecular weight is 453 g/mol. The van der Waals surface area contributed by atoms with E-state index in [0.29, 0.717) is 42.3 Å². The Morgan fingerprint density at radius 2 is 2.00 bits per heavy atom. The Morgan fingerprint density at radius 1 is 1.19 bits per heavy atom. The molecular weight excluding hydrogens is 431 g/mol. The maximum atomic E-state index is 13.3. The van der Waals surface area contributed by atoms with Crippen LogP contribution in [0.1, 0.15) is 24.2 Å². The number of nitrogens with zero attached hydrogens (tertiary/aromatic N) is 3. The number of hydrogen-bond acceptors (Lipinski definition) is 4. The molecule has 0 bridgehead atoms. The zero-order valence-electron chi connectivity index (χ0n) is 17.5. The fraction of sp³-hybridized carbons (Fsp3) is 0.208. The first kappa shape index (κ1) is 21.8. The molecule has 4 aromatic rings. The van der Waals surface area contributed by atoms with E-state index < -0.39 is 0 Å². The van der Waals surface area contributed by atoms with E-state index in [0.717, 1.165) is 22.6 Å². The van der Waals surface area contributed by atoms with Gasteiger partial charge < -0.3 is 14.6 Å². The maximum absolute atomic E-state index is 13.3. The number of rotatable bonds is 8. The second-order valence-corrected chi connectivity index (χ2v) is 7.75. The largest absolute Gasteiger partial charge is 0.495 e. The zero-order chi connectivity index (χ0) is 22.5. The van der Waals surface area contributed by atoms with E-state index in [1.165, 1.54) is 12.1 Å². The minimum Gasteiger partial charge on any atom is -0.495 e. The van der Waals surface area contributed by atoms with Gasteiger partial charge in [-0.3, -0.25) is 4.79 Å². The summed E-state index contributed by atoms with van der Waals surface area (Å²) < 4.78 is 20.4. The van der Waals surface area contributed by atoms with E-state index in [4.69, 9.17) is 21.3 Å². The molecule has 0 fully saturated rings. The van der Waals surface area contributed by atoms with Crippen LogP contribution in [0.5, 0.6) is 5.75 Å². The molecule has 0 saturated heterocycles. The molecule has 0 saturated carbocycles. The van der Waals surface area contributed by atoms with E-state index in [-0.39, 0.29) is 11.7 Å². The highest BCUT2D eigenvalue weighted by Gasteiger charge is 2.13. The molecule has 1 N–H and O–H groups in total. The van der Waals surface area contributed by atoms with E-state index in [2.05, 4.69) is 10.3 Å². The van der Waals surface area contributed by atoms with Gasteiger partial charge in [0, 0.05) is 24.7 Å². The summed E-state index contributed by atoms with van der Waals surface area (Å²) in [6.07, 6.45) is 3.27. The van der Waals surface area contributed by atoms with E-state index in [9.17, 15) is 9.18 Å². The number of carbonyl (C=O) groups excluding carboxylic acids is 1. The van der Waals surface area contributed by atoms with Gasteiger partial charge >= 0.3 is 0 Å². The number of nitrogens with one attached hydrogen (secondary N) is 1. The van der Waals surface area contributed by atoms with Crippen molar-refractivity contribution in [3.63, 3.8) is 0 Å². The second kappa shape index (κ2) is 9.78. The molecular formula is C24H22ClFN4O2. The van der Waals surface area contributed by atoms with Gasteiger partial charge in [-0.1, -0.05) is 23.7 Å². The fourth-order valence-electron chi connectivity index (χ4n) is 3.51. The molecule has 164 valence electrons. The number of ether oxygens (including phenoxy) is 1. The van der Waals surface area contributed by atoms with Crippen molar-refractivity contribution in [2.45, 2.75) is 25.8 Å². The van der Waals surface area contributed by atoms with Gasteiger partial charge in [0.1, 0.15) is 22.9 Å². The number of aryl methyl sites for hydroxylation is 1. The Hall–Kier alpha value is -3.45. The lowest BCUT2D eigenvalue weighted by atomic mass is 10.2. The average Bonchev–Trinajstić information content (AvgIpc) is 3.13. The summed E-state index contributed by atoms with van der Waals surface area (Å²) in [4.78, 5) is 21.6. The number of carbonyl (C=O) groups is 1. The molecule has 0 radical (unpaired) electrons. The van der Waals surface area contributed by atoms with Crippen LogP contribution in [0.15, 0.2) is 60.8 Å². The van der Waals surface area contributed by atoms with Crippen LogP contribution in [0.2, 0.25) is 5.02 Å². The normalized spacial score (nSPS) is 11.0. The van der Waals surface area contributed by atoms with Crippen LogP contribution in [0, 0.1) is 5.82 Å². The number of hydrogen-bond donors (Lipinski definition) is 1. The molecule has 4 rings (SSSR count). The Labute approximate surface area is 190 Å². The van der Waals surface area contributed by atoms with Crippen molar-refractivity contribution in [1.82, 2.24) is 14.5 Å². The summed E-state index contributed by atoms with van der Waals surface area (Å²) in [6, 6.07) is 15.3. The highest BCUT2D eigenvalue weighted by molar-refractivity contribution is 6.32. The van der Waals surface area contributed by atoms with Gasteiger partial charge in [0.2, 0.25) is 5.91 Å². The first-order valence-electron chi connectivity index (χ1n) is 10.2. The SMILES string of the molecule is COc1ccc(NC(=O)CCCc2nc3cccnc3n2Cc2ccc(F)cc2)cc1Cl. The monoisotopic (exact) mass is 452 g/mol. The molecule has 2 heterocycles. The minimum atomic E-state index is -0.272. The number of halogens is 2. The van der Waals surface area contributed by atoms with E-state index in [1.807, 2.05) is 16.7 Å². The molecule has 0 atom stereocenters. The lowest BCUT2D eigenvalue weighted by Crippen LogP contribution is -2.12. The standard InChI is InChI=1S/C24H22ClFN4O2/c1-32-21-12-11-18(14-19(21)25)28-23(31)6-2-5-22-29-20-4-3-13-27-24(20)30(22)15-16-7-9-17(26)10-8-16/h3-4,7-14H,2,5-6,15H2,1H3,(H,28,31). The molecule has 2 aromatic heterocycles. The molecule has 0 aliphatic carbocycles. The van der Waals surface area contributed by atoms with Gasteiger partial charge in [-0.25, -0.2) is 14.4 Å². The Bertz CT molecular complexity index is 1240. The molecule has 0 unspecified atom stereocenters. The Kier molecular flexibility index (Phi) is 6.66. The summed E-state index contributed by atoms with van der Waals surface area (Å²) in [5.74, 6) is 1.01. The van der Waals surface area contributed by atoms with Crippen molar-refractivity contribution in [3.05, 3.63) is 83.0 Å². The van der Waals surface area contributed by atoms with E-state index >= 15 is 0 Å². The fourth-order valence-corrected chi connectivity index (χ4v) is 3.77. The predicted octanol–water partition coefficient (Wildman–Crippen LogP) is 5.24. The number of benzene rings is 2.